The highest BCUT2D eigenvalue weighted by Gasteiger charge is 2.44. The number of hydrogen-bond donors (Lipinski definition) is 1. The number of rotatable bonds is 5. The van der Waals surface area contributed by atoms with Crippen LogP contribution in [0, 0.1) is 0 Å². The molecule has 0 spiro atoms. The van der Waals surface area contributed by atoms with Crippen LogP contribution >= 0.6 is 23.2 Å². The third-order valence-electron chi connectivity index (χ3n) is 5.38. The average molecular weight is 439 g/mol. The Hall–Kier alpha value is -2.25. The van der Waals surface area contributed by atoms with Gasteiger partial charge in [0.15, 0.2) is 0 Å². The third kappa shape index (κ3) is 3.94. The number of amides is 4. The first-order valence-electron chi connectivity index (χ1n) is 9.46. The molecule has 0 fully saturated rings. The van der Waals surface area contributed by atoms with Crippen molar-refractivity contribution in [2.24, 2.45) is 0 Å². The van der Waals surface area contributed by atoms with Crippen LogP contribution in [0.3, 0.4) is 0 Å². The molecular weight excluding hydrogens is 415 g/mol. The summed E-state index contributed by atoms with van der Waals surface area (Å²) in [4.78, 5) is 43.1. The third-order valence-corrected chi connectivity index (χ3v) is 5.94. The lowest BCUT2D eigenvalue weighted by Gasteiger charge is -2.33. The highest BCUT2D eigenvalue weighted by molar-refractivity contribution is 6.35. The molecule has 29 heavy (non-hydrogen) atoms. The second-order valence-electron chi connectivity index (χ2n) is 7.41. The van der Waals surface area contributed by atoms with E-state index in [9.17, 15) is 14.4 Å². The lowest BCUT2D eigenvalue weighted by atomic mass is 9.95. The molecule has 2 aliphatic heterocycles. The topological polar surface area (TPSA) is 73.0 Å². The number of hydrogen-bond acceptors (Lipinski definition) is 3. The summed E-state index contributed by atoms with van der Waals surface area (Å²) in [5.41, 5.74) is 1.64. The number of halogens is 2. The Morgan fingerprint density at radius 1 is 1.31 bits per heavy atom. The van der Waals surface area contributed by atoms with Crippen LogP contribution in [-0.4, -0.2) is 65.3 Å². The molecule has 3 rings (SSSR count). The standard InChI is InChI=1S/C20H24Cl2N4O3/c1-5-26-15-9-25(10-16(27)24(4)11(2)3)19(28)17(15)18(23-20(26)29)13-7-6-12(21)8-14(13)22/h6-8,11,18H,5,9-10H2,1-4H3,(H,23,29)/t18-/m0/s1. The van der Waals surface area contributed by atoms with Crippen LogP contribution in [-0.2, 0) is 9.59 Å². The van der Waals surface area contributed by atoms with Crippen molar-refractivity contribution < 1.29 is 14.4 Å². The molecule has 2 aliphatic rings. The van der Waals surface area contributed by atoms with Gasteiger partial charge in [-0.3, -0.25) is 14.5 Å². The maximum atomic E-state index is 13.2. The van der Waals surface area contributed by atoms with Crippen molar-refractivity contribution in [2.75, 3.05) is 26.7 Å². The van der Waals surface area contributed by atoms with Gasteiger partial charge in [-0.15, -0.1) is 0 Å². The van der Waals surface area contributed by atoms with Crippen LogP contribution in [0.25, 0.3) is 0 Å². The van der Waals surface area contributed by atoms with Crippen molar-refractivity contribution >= 4 is 41.0 Å². The molecular formula is C20H24Cl2N4O3. The van der Waals surface area contributed by atoms with E-state index in [2.05, 4.69) is 5.32 Å². The van der Waals surface area contributed by atoms with Crippen LogP contribution in [0.2, 0.25) is 10.0 Å². The Labute approximate surface area is 180 Å². The molecule has 9 heteroatoms. The number of nitrogens with zero attached hydrogens (tertiary/aromatic N) is 3. The lowest BCUT2D eigenvalue weighted by Crippen LogP contribution is -2.47. The van der Waals surface area contributed by atoms with Gasteiger partial charge in [-0.25, -0.2) is 4.79 Å². The van der Waals surface area contributed by atoms with Crippen molar-refractivity contribution in [3.63, 3.8) is 0 Å². The molecule has 0 bridgehead atoms. The van der Waals surface area contributed by atoms with E-state index >= 15 is 0 Å². The summed E-state index contributed by atoms with van der Waals surface area (Å²) in [5.74, 6) is -0.434. The highest BCUT2D eigenvalue weighted by atomic mass is 35.5. The zero-order chi connectivity index (χ0) is 21.5. The molecule has 4 amide bonds. The number of carbonyl (C=O) groups is 3. The zero-order valence-electron chi connectivity index (χ0n) is 16.8. The van der Waals surface area contributed by atoms with Gasteiger partial charge in [0.2, 0.25) is 5.91 Å². The van der Waals surface area contributed by atoms with Gasteiger partial charge in [0, 0.05) is 29.7 Å². The summed E-state index contributed by atoms with van der Waals surface area (Å²) in [6.07, 6.45) is 0. The molecule has 0 saturated heterocycles. The predicted octanol–water partition coefficient (Wildman–Crippen LogP) is 3.04. The van der Waals surface area contributed by atoms with Gasteiger partial charge in [-0.2, -0.15) is 0 Å². The summed E-state index contributed by atoms with van der Waals surface area (Å²) in [6, 6.07) is 3.98. The van der Waals surface area contributed by atoms with Crippen molar-refractivity contribution in [1.29, 1.82) is 0 Å². The molecule has 156 valence electrons. The van der Waals surface area contributed by atoms with Gasteiger partial charge < -0.3 is 15.1 Å². The maximum Gasteiger partial charge on any atom is 0.322 e. The van der Waals surface area contributed by atoms with Crippen molar-refractivity contribution in [3.8, 4) is 0 Å². The maximum absolute atomic E-state index is 13.2. The fraction of sp³-hybridized carbons (Fsp3) is 0.450. The summed E-state index contributed by atoms with van der Waals surface area (Å²) in [5, 5.41) is 3.70. The number of nitrogens with one attached hydrogen (secondary N) is 1. The Bertz CT molecular complexity index is 900. The van der Waals surface area contributed by atoms with Crippen molar-refractivity contribution in [1.82, 2.24) is 20.0 Å². The minimum absolute atomic E-state index is 0.0267. The SMILES string of the molecule is CCN1C(=O)N[C@@H](c2ccc(Cl)cc2Cl)C2=C1CN(CC(=O)N(C)C(C)C)C2=O. The van der Waals surface area contributed by atoms with Crippen LogP contribution < -0.4 is 5.32 Å². The molecule has 1 aromatic carbocycles. The van der Waals surface area contributed by atoms with Crippen LogP contribution in [0.4, 0.5) is 4.79 Å². The Morgan fingerprint density at radius 3 is 2.59 bits per heavy atom. The minimum atomic E-state index is -0.694. The molecule has 0 unspecified atom stereocenters. The molecule has 0 aromatic heterocycles. The van der Waals surface area contributed by atoms with Gasteiger partial charge in [-0.1, -0.05) is 29.3 Å². The van der Waals surface area contributed by atoms with E-state index in [4.69, 9.17) is 23.2 Å². The van der Waals surface area contributed by atoms with Crippen molar-refractivity contribution in [2.45, 2.75) is 32.9 Å². The monoisotopic (exact) mass is 438 g/mol. The highest BCUT2D eigenvalue weighted by Crippen LogP contribution is 2.39. The van der Waals surface area contributed by atoms with E-state index in [1.807, 2.05) is 20.8 Å². The summed E-state index contributed by atoms with van der Waals surface area (Å²) in [6.45, 7) is 6.22. The molecule has 7 nitrogen and oxygen atoms in total. The minimum Gasteiger partial charge on any atom is -0.342 e. The van der Waals surface area contributed by atoms with E-state index in [1.54, 1.807) is 30.1 Å². The smallest absolute Gasteiger partial charge is 0.322 e. The number of carbonyl (C=O) groups excluding carboxylic acids is 3. The molecule has 1 aromatic rings. The first-order valence-corrected chi connectivity index (χ1v) is 10.2. The zero-order valence-corrected chi connectivity index (χ0v) is 18.3. The molecule has 2 heterocycles. The van der Waals surface area contributed by atoms with E-state index in [-0.39, 0.29) is 37.0 Å². The van der Waals surface area contributed by atoms with E-state index in [0.717, 1.165) is 0 Å². The van der Waals surface area contributed by atoms with Crippen LogP contribution in [0.5, 0.6) is 0 Å². The summed E-state index contributed by atoms with van der Waals surface area (Å²) < 4.78 is 0. The van der Waals surface area contributed by atoms with Crippen LogP contribution in [0.15, 0.2) is 29.5 Å². The fourth-order valence-electron chi connectivity index (χ4n) is 3.54. The van der Waals surface area contributed by atoms with Gasteiger partial charge >= 0.3 is 6.03 Å². The van der Waals surface area contributed by atoms with E-state index < -0.39 is 6.04 Å². The molecule has 1 atom stereocenters. The Kier molecular flexibility index (Phi) is 6.10. The first-order chi connectivity index (χ1) is 13.6. The Balaban J connectivity index is 1.96. The first kappa shape index (κ1) is 21.5. The number of benzene rings is 1. The molecule has 0 radical (unpaired) electrons. The fourth-order valence-corrected chi connectivity index (χ4v) is 4.06. The van der Waals surface area contributed by atoms with Crippen molar-refractivity contribution in [3.05, 3.63) is 45.1 Å². The Morgan fingerprint density at radius 2 is 2.00 bits per heavy atom. The van der Waals surface area contributed by atoms with Crippen LogP contribution in [0.1, 0.15) is 32.4 Å². The second-order valence-corrected chi connectivity index (χ2v) is 8.26. The van der Waals surface area contributed by atoms with Gasteiger partial charge in [0.05, 0.1) is 23.9 Å². The number of urea groups is 1. The van der Waals surface area contributed by atoms with Gasteiger partial charge in [0.25, 0.3) is 5.91 Å². The van der Waals surface area contributed by atoms with Gasteiger partial charge in [-0.05, 0) is 38.5 Å². The van der Waals surface area contributed by atoms with Gasteiger partial charge in [0.1, 0.15) is 6.54 Å². The average Bonchev–Trinajstić information content (AvgIpc) is 2.96. The van der Waals surface area contributed by atoms with E-state index in [0.29, 0.717) is 33.4 Å². The summed E-state index contributed by atoms with van der Waals surface area (Å²) in [7, 11) is 1.71. The second kappa shape index (κ2) is 8.24. The normalized spacial score (nSPS) is 19.1. The largest absolute Gasteiger partial charge is 0.342 e. The molecule has 0 aliphatic carbocycles. The van der Waals surface area contributed by atoms with E-state index in [1.165, 1.54) is 9.80 Å². The molecule has 1 N–H and O–H groups in total. The predicted molar refractivity (Wildman–Crippen MR) is 112 cm³/mol. The lowest BCUT2D eigenvalue weighted by molar-refractivity contribution is -0.137. The molecule has 0 saturated carbocycles. The quantitative estimate of drug-likeness (QED) is 0.767. The summed E-state index contributed by atoms with van der Waals surface area (Å²) >= 11 is 12.4. The number of likely N-dealkylation sites (N-methyl/N-ethyl adjacent to an activating group) is 2.